The van der Waals surface area contributed by atoms with Gasteiger partial charge in [-0.3, -0.25) is 4.90 Å². The quantitative estimate of drug-likeness (QED) is 0.595. The molecule has 0 unspecified atom stereocenters. The molecule has 0 radical (unpaired) electrons. The first-order valence-corrected chi connectivity index (χ1v) is 7.21. The number of likely N-dealkylation sites (N-methyl/N-ethyl adjacent to an activating group) is 1. The average molecular weight is 300 g/mol. The molecule has 1 rings (SSSR count). The average Bonchev–Trinajstić information content (AvgIpc) is 2.53. The van der Waals surface area contributed by atoms with E-state index in [4.69, 9.17) is 0 Å². The number of benzene rings is 1. The highest BCUT2D eigenvalue weighted by atomic mass is 16.2. The van der Waals surface area contributed by atoms with Gasteiger partial charge in [0.15, 0.2) is 0 Å². The normalized spacial score (nSPS) is 11.7. The molecule has 1 aromatic carbocycles. The van der Waals surface area contributed by atoms with E-state index in [2.05, 4.69) is 6.58 Å². The Kier molecular flexibility index (Phi) is 6.11. The minimum atomic E-state index is -0.902. The predicted molar refractivity (Wildman–Crippen MR) is 89.2 cm³/mol. The summed E-state index contributed by atoms with van der Waals surface area (Å²) in [6.07, 6.45) is 4.22. The van der Waals surface area contributed by atoms with Crippen LogP contribution >= 0.6 is 0 Å². The zero-order chi connectivity index (χ0) is 16.8. The molecule has 0 fully saturated rings. The van der Waals surface area contributed by atoms with E-state index in [0.29, 0.717) is 12.2 Å². The van der Waals surface area contributed by atoms with Crippen LogP contribution in [0.25, 0.3) is 0 Å². The van der Waals surface area contributed by atoms with Crippen molar-refractivity contribution in [2.45, 2.75) is 32.9 Å². The van der Waals surface area contributed by atoms with E-state index in [9.17, 15) is 9.59 Å². The van der Waals surface area contributed by atoms with Crippen LogP contribution in [0.4, 0.5) is 4.79 Å². The SMILES string of the molecule is C=C/C(=C\C)N(C)C(=O)N(Cc1ccccc1)C(C)(C)C=O. The van der Waals surface area contributed by atoms with Gasteiger partial charge in [0.05, 0.1) is 5.54 Å². The number of hydrogen-bond acceptors (Lipinski definition) is 2. The summed E-state index contributed by atoms with van der Waals surface area (Å²) in [4.78, 5) is 27.3. The first-order valence-electron chi connectivity index (χ1n) is 7.21. The predicted octanol–water partition coefficient (Wildman–Crippen LogP) is 3.61. The first-order chi connectivity index (χ1) is 10.4. The van der Waals surface area contributed by atoms with E-state index in [1.807, 2.05) is 37.3 Å². The van der Waals surface area contributed by atoms with Crippen molar-refractivity contribution in [3.63, 3.8) is 0 Å². The van der Waals surface area contributed by atoms with Gasteiger partial charge in [0.2, 0.25) is 0 Å². The lowest BCUT2D eigenvalue weighted by Gasteiger charge is -2.37. The molecule has 0 saturated carbocycles. The van der Waals surface area contributed by atoms with Crippen molar-refractivity contribution in [3.05, 3.63) is 60.3 Å². The highest BCUT2D eigenvalue weighted by Gasteiger charge is 2.33. The van der Waals surface area contributed by atoms with Crippen molar-refractivity contribution >= 4 is 12.3 Å². The van der Waals surface area contributed by atoms with Crippen LogP contribution in [0.1, 0.15) is 26.3 Å². The molecule has 2 amide bonds. The summed E-state index contributed by atoms with van der Waals surface area (Å²) >= 11 is 0. The molecule has 1 aromatic rings. The van der Waals surface area contributed by atoms with Crippen LogP contribution in [-0.4, -0.2) is 34.7 Å². The Morgan fingerprint density at radius 1 is 1.27 bits per heavy atom. The van der Waals surface area contributed by atoms with Crippen LogP contribution < -0.4 is 0 Å². The van der Waals surface area contributed by atoms with E-state index in [1.165, 1.54) is 4.90 Å². The Morgan fingerprint density at radius 2 is 1.86 bits per heavy atom. The number of carbonyl (C=O) groups is 2. The highest BCUT2D eigenvalue weighted by molar-refractivity contribution is 5.81. The van der Waals surface area contributed by atoms with Gasteiger partial charge in [-0.1, -0.05) is 43.0 Å². The van der Waals surface area contributed by atoms with Crippen molar-refractivity contribution in [2.75, 3.05) is 7.05 Å². The first kappa shape index (κ1) is 17.7. The summed E-state index contributed by atoms with van der Waals surface area (Å²) in [6, 6.07) is 9.38. The largest absolute Gasteiger partial charge is 0.325 e. The van der Waals surface area contributed by atoms with Crippen LogP contribution in [0.5, 0.6) is 0 Å². The smallest absolute Gasteiger partial charge is 0.308 e. The van der Waals surface area contributed by atoms with Crippen LogP contribution in [0, 0.1) is 0 Å². The van der Waals surface area contributed by atoms with E-state index in [0.717, 1.165) is 11.8 Å². The van der Waals surface area contributed by atoms with E-state index < -0.39 is 5.54 Å². The number of allylic oxidation sites excluding steroid dienone is 2. The van der Waals surface area contributed by atoms with Crippen LogP contribution in [-0.2, 0) is 11.3 Å². The third-order valence-electron chi connectivity index (χ3n) is 3.58. The third-order valence-corrected chi connectivity index (χ3v) is 3.58. The van der Waals surface area contributed by atoms with Gasteiger partial charge in [0.25, 0.3) is 0 Å². The molecule has 4 heteroatoms. The van der Waals surface area contributed by atoms with Gasteiger partial charge >= 0.3 is 6.03 Å². The van der Waals surface area contributed by atoms with Crippen LogP contribution in [0.3, 0.4) is 0 Å². The number of amides is 2. The topological polar surface area (TPSA) is 40.6 Å². The fraction of sp³-hybridized carbons (Fsp3) is 0.333. The fourth-order valence-electron chi connectivity index (χ4n) is 2.09. The molecule has 0 saturated heterocycles. The molecule has 0 heterocycles. The number of rotatable bonds is 6. The molecule has 118 valence electrons. The lowest BCUT2D eigenvalue weighted by molar-refractivity contribution is -0.115. The number of hydrogen-bond donors (Lipinski definition) is 0. The number of urea groups is 1. The lowest BCUT2D eigenvalue weighted by atomic mass is 10.0. The minimum absolute atomic E-state index is 0.242. The van der Waals surface area contributed by atoms with Gasteiger partial charge in [-0.05, 0) is 32.4 Å². The molecule has 4 nitrogen and oxygen atoms in total. The summed E-state index contributed by atoms with van der Waals surface area (Å²) in [5, 5.41) is 0. The van der Waals surface area contributed by atoms with E-state index in [1.54, 1.807) is 37.9 Å². The summed E-state index contributed by atoms with van der Waals surface area (Å²) in [5.41, 5.74) is 0.769. The third kappa shape index (κ3) is 4.07. The number of nitrogens with zero attached hydrogens (tertiary/aromatic N) is 2. The summed E-state index contributed by atoms with van der Waals surface area (Å²) in [7, 11) is 1.68. The van der Waals surface area contributed by atoms with Gasteiger partial charge in [-0.25, -0.2) is 4.79 Å². The summed E-state index contributed by atoms with van der Waals surface area (Å²) in [6.45, 7) is 9.38. The zero-order valence-electron chi connectivity index (χ0n) is 13.7. The maximum atomic E-state index is 12.8. The molecule has 22 heavy (non-hydrogen) atoms. The Balaban J connectivity index is 3.13. The van der Waals surface area contributed by atoms with Crippen molar-refractivity contribution < 1.29 is 9.59 Å². The Hall–Kier alpha value is -2.36. The molecular formula is C18H24N2O2. The van der Waals surface area contributed by atoms with Gasteiger partial charge in [-0.15, -0.1) is 0 Å². The van der Waals surface area contributed by atoms with E-state index in [-0.39, 0.29) is 6.03 Å². The maximum absolute atomic E-state index is 12.8. The van der Waals surface area contributed by atoms with Crippen molar-refractivity contribution in [2.24, 2.45) is 0 Å². The molecule has 0 aliphatic rings. The number of aldehydes is 1. The van der Waals surface area contributed by atoms with Crippen molar-refractivity contribution in [3.8, 4) is 0 Å². The molecule has 0 spiro atoms. The molecule has 0 bridgehead atoms. The van der Waals surface area contributed by atoms with Crippen molar-refractivity contribution in [1.82, 2.24) is 9.80 Å². The minimum Gasteiger partial charge on any atom is -0.308 e. The molecule has 0 aliphatic heterocycles. The molecular weight excluding hydrogens is 276 g/mol. The van der Waals surface area contributed by atoms with Crippen LogP contribution in [0.2, 0.25) is 0 Å². The monoisotopic (exact) mass is 300 g/mol. The molecule has 0 aromatic heterocycles. The van der Waals surface area contributed by atoms with Gasteiger partial charge in [-0.2, -0.15) is 0 Å². The fourth-order valence-corrected chi connectivity index (χ4v) is 2.09. The number of carbonyl (C=O) groups excluding carboxylic acids is 2. The highest BCUT2D eigenvalue weighted by Crippen LogP contribution is 2.20. The summed E-state index contributed by atoms with van der Waals surface area (Å²) < 4.78 is 0. The second-order valence-electron chi connectivity index (χ2n) is 5.60. The van der Waals surface area contributed by atoms with Crippen molar-refractivity contribution in [1.29, 1.82) is 0 Å². The second kappa shape index (κ2) is 7.59. The Morgan fingerprint density at radius 3 is 2.32 bits per heavy atom. The maximum Gasteiger partial charge on any atom is 0.325 e. The Bertz CT molecular complexity index is 562. The van der Waals surface area contributed by atoms with Crippen LogP contribution in [0.15, 0.2) is 54.8 Å². The Labute approximate surface area is 132 Å². The summed E-state index contributed by atoms with van der Waals surface area (Å²) in [5.74, 6) is 0. The second-order valence-corrected chi connectivity index (χ2v) is 5.60. The van der Waals surface area contributed by atoms with Gasteiger partial charge in [0.1, 0.15) is 6.29 Å². The van der Waals surface area contributed by atoms with Gasteiger partial charge in [0, 0.05) is 19.3 Å². The lowest BCUT2D eigenvalue weighted by Crippen LogP contribution is -2.52. The zero-order valence-corrected chi connectivity index (χ0v) is 13.7. The van der Waals surface area contributed by atoms with E-state index >= 15 is 0 Å². The van der Waals surface area contributed by atoms with Gasteiger partial charge < -0.3 is 9.69 Å². The standard InChI is InChI=1S/C18H24N2O2/c1-6-16(7-2)19(5)17(22)20(18(3,4)14-21)13-15-11-9-8-10-12-15/h6-12,14H,1,13H2,2-5H3/b16-7+. The molecule has 0 N–H and O–H groups in total. The molecule has 0 aliphatic carbocycles. The molecule has 0 atom stereocenters.